The molecule has 86 valence electrons. The molecule has 2 aromatic rings. The Morgan fingerprint density at radius 2 is 2.29 bits per heavy atom. The van der Waals surface area contributed by atoms with Crippen molar-refractivity contribution < 1.29 is 4.39 Å². The quantitative estimate of drug-likeness (QED) is 0.842. The Hall–Kier alpha value is -1.57. The predicted octanol–water partition coefficient (Wildman–Crippen LogP) is 4.18. The molecule has 0 aliphatic carbocycles. The molecule has 2 N–H and O–H groups in total. The number of nitrogens with zero attached hydrogens (tertiary/aromatic N) is 1. The van der Waals surface area contributed by atoms with E-state index < -0.39 is 5.82 Å². The molecule has 2 nitrogen and oxygen atoms in total. The van der Waals surface area contributed by atoms with E-state index >= 15 is 0 Å². The molecule has 0 bridgehead atoms. The molecule has 17 heavy (non-hydrogen) atoms. The largest absolute Gasteiger partial charge is 0.389 e. The van der Waals surface area contributed by atoms with Crippen molar-refractivity contribution in [3.8, 4) is 6.07 Å². The van der Waals surface area contributed by atoms with E-state index in [-0.39, 0.29) is 10.6 Å². The molecular weight excluding hydrogens is 259 g/mol. The molecule has 0 spiro atoms. The number of fused-ring (bicyclic) bond motifs is 1. The SMILES string of the molecule is C=C(C)c1c(Cl)cc(F)c2sc(N)c(C#N)c12. The standard InChI is InChI=1S/C12H8ClFN2S/c1-5(2)9-7(13)3-8(14)11-10(9)6(4-15)12(16)17-11/h3H,1,16H2,2H3. The van der Waals surface area contributed by atoms with Crippen molar-refractivity contribution in [3.63, 3.8) is 0 Å². The van der Waals surface area contributed by atoms with E-state index in [2.05, 4.69) is 6.58 Å². The number of thiophene rings is 1. The van der Waals surface area contributed by atoms with Crippen molar-refractivity contribution in [3.05, 3.63) is 34.6 Å². The minimum atomic E-state index is -0.465. The summed E-state index contributed by atoms with van der Waals surface area (Å²) in [5, 5.41) is 10.1. The Bertz CT molecular complexity index is 682. The predicted molar refractivity (Wildman–Crippen MR) is 70.6 cm³/mol. The average molecular weight is 267 g/mol. The van der Waals surface area contributed by atoms with Gasteiger partial charge in [-0.05, 0) is 18.6 Å². The van der Waals surface area contributed by atoms with E-state index in [1.807, 2.05) is 6.07 Å². The van der Waals surface area contributed by atoms with Crippen molar-refractivity contribution in [1.82, 2.24) is 0 Å². The second-order valence-electron chi connectivity index (χ2n) is 3.65. The molecule has 2 rings (SSSR count). The van der Waals surface area contributed by atoms with E-state index in [4.69, 9.17) is 22.6 Å². The summed E-state index contributed by atoms with van der Waals surface area (Å²) in [6, 6.07) is 3.21. The second kappa shape index (κ2) is 4.02. The number of hydrogen-bond donors (Lipinski definition) is 1. The highest BCUT2D eigenvalue weighted by atomic mass is 35.5. The Kier molecular flexibility index (Phi) is 2.82. The normalized spacial score (nSPS) is 10.5. The molecule has 0 saturated carbocycles. The van der Waals surface area contributed by atoms with Crippen LogP contribution in [-0.4, -0.2) is 0 Å². The third kappa shape index (κ3) is 1.68. The van der Waals surface area contributed by atoms with Crippen LogP contribution in [0.25, 0.3) is 15.7 Å². The maximum Gasteiger partial charge on any atom is 0.142 e. The minimum Gasteiger partial charge on any atom is -0.389 e. The molecule has 0 aliphatic rings. The summed E-state index contributed by atoms with van der Waals surface area (Å²) in [7, 11) is 0. The zero-order chi connectivity index (χ0) is 12.7. The van der Waals surface area contributed by atoms with Crippen molar-refractivity contribution in [2.24, 2.45) is 0 Å². The molecule has 1 heterocycles. The summed E-state index contributed by atoms with van der Waals surface area (Å²) in [6.07, 6.45) is 0. The highest BCUT2D eigenvalue weighted by Gasteiger charge is 2.19. The fourth-order valence-electron chi connectivity index (χ4n) is 1.75. The lowest BCUT2D eigenvalue weighted by Gasteiger charge is -2.06. The topological polar surface area (TPSA) is 49.8 Å². The monoisotopic (exact) mass is 266 g/mol. The van der Waals surface area contributed by atoms with Gasteiger partial charge in [-0.15, -0.1) is 11.3 Å². The first-order valence-electron chi connectivity index (χ1n) is 4.73. The molecule has 0 aliphatic heterocycles. The van der Waals surface area contributed by atoms with Gasteiger partial charge in [-0.25, -0.2) is 4.39 Å². The third-order valence-corrected chi connectivity index (χ3v) is 3.76. The van der Waals surface area contributed by atoms with Gasteiger partial charge in [-0.1, -0.05) is 18.2 Å². The smallest absolute Gasteiger partial charge is 0.142 e. The number of nitriles is 1. The summed E-state index contributed by atoms with van der Waals surface area (Å²) in [5.74, 6) is -0.465. The maximum absolute atomic E-state index is 13.8. The number of halogens is 2. The van der Waals surface area contributed by atoms with Gasteiger partial charge < -0.3 is 5.73 Å². The second-order valence-corrected chi connectivity index (χ2v) is 5.11. The summed E-state index contributed by atoms with van der Waals surface area (Å²) in [5.41, 5.74) is 7.24. The zero-order valence-electron chi connectivity index (χ0n) is 8.97. The molecule has 0 radical (unpaired) electrons. The molecular formula is C12H8ClFN2S. The molecule has 0 unspecified atom stereocenters. The van der Waals surface area contributed by atoms with Gasteiger partial charge in [0, 0.05) is 10.9 Å². The minimum absolute atomic E-state index is 0.247. The van der Waals surface area contributed by atoms with Crippen LogP contribution in [0.15, 0.2) is 12.6 Å². The van der Waals surface area contributed by atoms with E-state index in [1.54, 1.807) is 6.92 Å². The van der Waals surface area contributed by atoms with Crippen LogP contribution >= 0.6 is 22.9 Å². The first-order valence-corrected chi connectivity index (χ1v) is 5.92. The number of allylic oxidation sites excluding steroid dienone is 1. The van der Waals surface area contributed by atoms with Gasteiger partial charge in [0.05, 0.1) is 15.3 Å². The first kappa shape index (κ1) is 11.9. The lowest BCUT2D eigenvalue weighted by Crippen LogP contribution is -1.89. The Balaban J connectivity index is 3.09. The van der Waals surface area contributed by atoms with Crippen LogP contribution in [-0.2, 0) is 0 Å². The Labute approximate surface area is 107 Å². The van der Waals surface area contributed by atoms with Crippen molar-refractivity contribution in [1.29, 1.82) is 5.26 Å². The maximum atomic E-state index is 13.8. The molecule has 0 saturated heterocycles. The van der Waals surface area contributed by atoms with Crippen LogP contribution < -0.4 is 5.73 Å². The number of nitrogens with two attached hydrogens (primary N) is 1. The molecule has 0 fully saturated rings. The van der Waals surface area contributed by atoms with Gasteiger partial charge in [0.15, 0.2) is 0 Å². The summed E-state index contributed by atoms with van der Waals surface area (Å²) in [6.45, 7) is 5.56. The molecule has 1 aromatic heterocycles. The van der Waals surface area contributed by atoms with Crippen LogP contribution in [0.3, 0.4) is 0 Å². The van der Waals surface area contributed by atoms with Crippen LogP contribution in [0.2, 0.25) is 5.02 Å². The summed E-state index contributed by atoms with van der Waals surface area (Å²) < 4.78 is 14.1. The lowest BCUT2D eigenvalue weighted by molar-refractivity contribution is 0.641. The van der Waals surface area contributed by atoms with Crippen molar-refractivity contribution in [2.45, 2.75) is 6.92 Å². The summed E-state index contributed by atoms with van der Waals surface area (Å²) in [4.78, 5) is 0. The Morgan fingerprint density at radius 3 is 2.82 bits per heavy atom. The molecule has 5 heteroatoms. The van der Waals surface area contributed by atoms with Crippen molar-refractivity contribution in [2.75, 3.05) is 5.73 Å². The number of rotatable bonds is 1. The van der Waals surface area contributed by atoms with Crippen molar-refractivity contribution >= 4 is 43.6 Å². The van der Waals surface area contributed by atoms with Crippen LogP contribution in [0, 0.1) is 17.1 Å². The van der Waals surface area contributed by atoms with Gasteiger partial charge in [-0.3, -0.25) is 0 Å². The van der Waals surface area contributed by atoms with Crippen LogP contribution in [0.4, 0.5) is 9.39 Å². The zero-order valence-corrected chi connectivity index (χ0v) is 10.5. The van der Waals surface area contributed by atoms with E-state index in [0.717, 1.165) is 11.3 Å². The number of hydrogen-bond acceptors (Lipinski definition) is 3. The van der Waals surface area contributed by atoms with Gasteiger partial charge in [0.1, 0.15) is 16.9 Å². The fourth-order valence-corrected chi connectivity index (χ4v) is 3.04. The van der Waals surface area contributed by atoms with Gasteiger partial charge >= 0.3 is 0 Å². The number of nitrogen functional groups attached to an aromatic ring is 1. The van der Waals surface area contributed by atoms with E-state index in [0.29, 0.717) is 26.2 Å². The van der Waals surface area contributed by atoms with Gasteiger partial charge in [0.2, 0.25) is 0 Å². The molecule has 0 amide bonds. The van der Waals surface area contributed by atoms with Crippen LogP contribution in [0.5, 0.6) is 0 Å². The first-order chi connectivity index (χ1) is 7.97. The fraction of sp³-hybridized carbons (Fsp3) is 0.0833. The van der Waals surface area contributed by atoms with Gasteiger partial charge in [0.25, 0.3) is 0 Å². The molecule has 0 atom stereocenters. The van der Waals surface area contributed by atoms with Crippen LogP contribution in [0.1, 0.15) is 18.1 Å². The lowest BCUT2D eigenvalue weighted by atomic mass is 10.0. The average Bonchev–Trinajstić information content (AvgIpc) is 2.54. The Morgan fingerprint density at radius 1 is 1.65 bits per heavy atom. The van der Waals surface area contributed by atoms with E-state index in [9.17, 15) is 4.39 Å². The third-order valence-electron chi connectivity index (χ3n) is 2.43. The molecule has 1 aromatic carbocycles. The summed E-state index contributed by atoms with van der Waals surface area (Å²) >= 11 is 7.05. The number of anilines is 1. The van der Waals surface area contributed by atoms with Gasteiger partial charge in [-0.2, -0.15) is 5.26 Å². The number of benzene rings is 1. The highest BCUT2D eigenvalue weighted by Crippen LogP contribution is 2.41. The highest BCUT2D eigenvalue weighted by molar-refractivity contribution is 7.23. The van der Waals surface area contributed by atoms with E-state index in [1.165, 1.54) is 6.07 Å².